The second-order valence-electron chi connectivity index (χ2n) is 2.26. The average molecular weight is 191 g/mol. The molecule has 0 unspecified atom stereocenters. The van der Waals surface area contributed by atoms with Gasteiger partial charge in [-0.15, -0.1) is 0 Å². The van der Waals surface area contributed by atoms with Crippen molar-refractivity contribution in [1.82, 2.24) is 0 Å². The molecule has 0 bridgehead atoms. The van der Waals surface area contributed by atoms with E-state index in [4.69, 9.17) is 10.8 Å². The number of hydrogen-bond donors (Lipinski definition) is 2. The second-order valence-corrected chi connectivity index (χ2v) is 2.26. The van der Waals surface area contributed by atoms with Gasteiger partial charge in [-0.2, -0.15) is 0 Å². The van der Waals surface area contributed by atoms with Crippen molar-refractivity contribution >= 4 is 11.7 Å². The van der Waals surface area contributed by atoms with Gasteiger partial charge in [-0.05, 0) is 0 Å². The van der Waals surface area contributed by atoms with E-state index in [2.05, 4.69) is 0 Å². The van der Waals surface area contributed by atoms with E-state index in [-0.39, 0.29) is 0 Å². The van der Waals surface area contributed by atoms with Crippen molar-refractivity contribution in [1.29, 1.82) is 0 Å². The fourth-order valence-corrected chi connectivity index (χ4v) is 0.809. The lowest BCUT2D eigenvalue weighted by molar-refractivity contribution is 0.0685. The predicted octanol–water partition coefficient (Wildman–Crippen LogP) is 1.38. The molecule has 0 aliphatic carbocycles. The van der Waals surface area contributed by atoms with Crippen molar-refractivity contribution in [3.8, 4) is 0 Å². The number of aromatic carboxylic acids is 1. The highest BCUT2D eigenvalue weighted by molar-refractivity contribution is 5.88. The summed E-state index contributed by atoms with van der Waals surface area (Å²) >= 11 is 0. The van der Waals surface area contributed by atoms with Gasteiger partial charge in [-0.3, -0.25) is 0 Å². The molecule has 0 heterocycles. The molecular weight excluding hydrogens is 187 g/mol. The first kappa shape index (κ1) is 9.37. The molecule has 1 rings (SSSR count). The Balaban J connectivity index is 3.53. The van der Waals surface area contributed by atoms with Crippen LogP contribution in [0.25, 0.3) is 0 Å². The van der Waals surface area contributed by atoms with Crippen LogP contribution in [0.1, 0.15) is 10.4 Å². The Labute approximate surface area is 70.6 Å². The summed E-state index contributed by atoms with van der Waals surface area (Å²) in [4.78, 5) is 10.2. The third-order valence-electron chi connectivity index (χ3n) is 1.40. The Bertz CT molecular complexity index is 378. The first-order valence-corrected chi connectivity index (χ1v) is 3.11. The quantitative estimate of drug-likeness (QED) is 0.520. The minimum atomic E-state index is -1.88. The first-order valence-electron chi connectivity index (χ1n) is 3.11. The van der Waals surface area contributed by atoms with Gasteiger partial charge in [0.25, 0.3) is 0 Å². The maximum atomic E-state index is 12.7. The van der Waals surface area contributed by atoms with Crippen LogP contribution in [0.2, 0.25) is 0 Å². The molecule has 70 valence electrons. The van der Waals surface area contributed by atoms with Gasteiger partial charge in [-0.1, -0.05) is 0 Å². The molecule has 3 nitrogen and oxygen atoms in total. The number of nitrogen functional groups attached to an aromatic ring is 1. The minimum Gasteiger partial charge on any atom is -0.477 e. The van der Waals surface area contributed by atoms with Crippen molar-refractivity contribution in [3.63, 3.8) is 0 Å². The van der Waals surface area contributed by atoms with E-state index in [1.54, 1.807) is 0 Å². The number of carboxylic acid groups (broad SMARTS) is 1. The van der Waals surface area contributed by atoms with Crippen LogP contribution in [0.15, 0.2) is 6.07 Å². The summed E-state index contributed by atoms with van der Waals surface area (Å²) < 4.78 is 38.0. The summed E-state index contributed by atoms with van der Waals surface area (Å²) in [6.07, 6.45) is 0. The Hall–Kier alpha value is -1.72. The molecule has 0 fully saturated rings. The summed E-state index contributed by atoms with van der Waals surface area (Å²) in [7, 11) is 0. The zero-order valence-corrected chi connectivity index (χ0v) is 6.14. The first-order chi connectivity index (χ1) is 5.95. The molecule has 3 N–H and O–H groups in total. The Morgan fingerprint density at radius 1 is 1.31 bits per heavy atom. The Kier molecular flexibility index (Phi) is 2.14. The SMILES string of the molecule is Nc1cc(F)c(C(=O)O)c(F)c1F. The number of benzene rings is 1. The van der Waals surface area contributed by atoms with Gasteiger partial charge in [0.2, 0.25) is 0 Å². The fourth-order valence-electron chi connectivity index (χ4n) is 0.809. The minimum absolute atomic E-state index is 0.419. The second kappa shape index (κ2) is 2.96. The lowest BCUT2D eigenvalue weighted by Gasteiger charge is -2.02. The van der Waals surface area contributed by atoms with Crippen molar-refractivity contribution in [2.45, 2.75) is 0 Å². The molecule has 0 aromatic heterocycles. The standard InChI is InChI=1S/C7H4F3NO2/c8-2-1-3(11)5(9)6(10)4(2)7(12)13/h1H,11H2,(H,12,13). The molecule has 0 atom stereocenters. The maximum Gasteiger partial charge on any atom is 0.341 e. The summed E-state index contributed by atoms with van der Waals surface area (Å²) in [5, 5.41) is 8.27. The zero-order valence-electron chi connectivity index (χ0n) is 6.14. The van der Waals surface area contributed by atoms with Crippen LogP contribution in [0.5, 0.6) is 0 Å². The van der Waals surface area contributed by atoms with Crippen LogP contribution in [0.4, 0.5) is 18.9 Å². The highest BCUT2D eigenvalue weighted by Gasteiger charge is 2.22. The number of nitrogens with two attached hydrogens (primary N) is 1. The van der Waals surface area contributed by atoms with Crippen LogP contribution in [-0.2, 0) is 0 Å². The van der Waals surface area contributed by atoms with Crippen molar-refractivity contribution in [3.05, 3.63) is 29.1 Å². The van der Waals surface area contributed by atoms with Crippen LogP contribution in [0.3, 0.4) is 0 Å². The molecule has 0 spiro atoms. The van der Waals surface area contributed by atoms with Gasteiger partial charge in [0.15, 0.2) is 11.6 Å². The van der Waals surface area contributed by atoms with E-state index < -0.39 is 34.7 Å². The molecule has 13 heavy (non-hydrogen) atoms. The monoisotopic (exact) mass is 191 g/mol. The highest BCUT2D eigenvalue weighted by Crippen LogP contribution is 2.21. The van der Waals surface area contributed by atoms with Gasteiger partial charge in [0.1, 0.15) is 11.4 Å². The van der Waals surface area contributed by atoms with Gasteiger partial charge in [0, 0.05) is 6.07 Å². The van der Waals surface area contributed by atoms with E-state index in [1.165, 1.54) is 0 Å². The highest BCUT2D eigenvalue weighted by atomic mass is 19.2. The van der Waals surface area contributed by atoms with Crippen LogP contribution >= 0.6 is 0 Å². The summed E-state index contributed by atoms with van der Waals surface area (Å²) in [5.74, 6) is -6.62. The molecular formula is C7H4F3NO2. The molecule has 0 saturated heterocycles. The summed E-state index contributed by atoms with van der Waals surface area (Å²) in [5.41, 5.74) is 2.74. The lowest BCUT2D eigenvalue weighted by Crippen LogP contribution is -2.08. The molecule has 1 aromatic rings. The molecule has 6 heteroatoms. The average Bonchev–Trinajstić information content (AvgIpc) is 1.99. The summed E-state index contributed by atoms with van der Waals surface area (Å²) in [6, 6.07) is 0.419. The molecule has 0 aliphatic heterocycles. The van der Waals surface area contributed by atoms with Crippen molar-refractivity contribution in [2.24, 2.45) is 0 Å². The van der Waals surface area contributed by atoms with E-state index in [9.17, 15) is 18.0 Å². The third-order valence-corrected chi connectivity index (χ3v) is 1.40. The van der Waals surface area contributed by atoms with E-state index in [1.807, 2.05) is 0 Å². The van der Waals surface area contributed by atoms with Crippen molar-refractivity contribution in [2.75, 3.05) is 5.73 Å². The number of rotatable bonds is 1. The number of carbonyl (C=O) groups is 1. The fraction of sp³-hybridized carbons (Fsp3) is 0. The number of halogens is 3. The van der Waals surface area contributed by atoms with Crippen LogP contribution in [-0.4, -0.2) is 11.1 Å². The normalized spacial score (nSPS) is 10.1. The topological polar surface area (TPSA) is 63.3 Å². The summed E-state index contributed by atoms with van der Waals surface area (Å²) in [6.45, 7) is 0. The third kappa shape index (κ3) is 1.42. The van der Waals surface area contributed by atoms with Gasteiger partial charge in [0.05, 0.1) is 5.69 Å². The lowest BCUT2D eigenvalue weighted by atomic mass is 10.1. The molecule has 0 amide bonds. The number of hydrogen-bond acceptors (Lipinski definition) is 2. The molecule has 1 aromatic carbocycles. The molecule has 0 aliphatic rings. The smallest absolute Gasteiger partial charge is 0.341 e. The largest absolute Gasteiger partial charge is 0.477 e. The van der Waals surface area contributed by atoms with Crippen molar-refractivity contribution < 1.29 is 23.1 Å². The molecule has 0 saturated carbocycles. The van der Waals surface area contributed by atoms with Gasteiger partial charge >= 0.3 is 5.97 Å². The Morgan fingerprint density at radius 3 is 2.31 bits per heavy atom. The number of carboxylic acids is 1. The van der Waals surface area contributed by atoms with E-state index >= 15 is 0 Å². The van der Waals surface area contributed by atoms with E-state index in [0.29, 0.717) is 6.07 Å². The predicted molar refractivity (Wildman–Crippen MR) is 37.7 cm³/mol. The zero-order chi connectivity index (χ0) is 10.2. The van der Waals surface area contributed by atoms with Gasteiger partial charge < -0.3 is 10.8 Å². The maximum absolute atomic E-state index is 12.7. The van der Waals surface area contributed by atoms with Crippen LogP contribution < -0.4 is 5.73 Å². The van der Waals surface area contributed by atoms with E-state index in [0.717, 1.165) is 0 Å². The molecule has 0 radical (unpaired) electrons. The Morgan fingerprint density at radius 2 is 1.85 bits per heavy atom. The van der Waals surface area contributed by atoms with Crippen LogP contribution in [0, 0.1) is 17.5 Å². The van der Waals surface area contributed by atoms with Gasteiger partial charge in [-0.25, -0.2) is 18.0 Å². The number of anilines is 1.